The van der Waals surface area contributed by atoms with E-state index >= 15 is 0 Å². The van der Waals surface area contributed by atoms with Crippen molar-refractivity contribution in [1.29, 1.82) is 0 Å². The van der Waals surface area contributed by atoms with Crippen LogP contribution in [0.25, 0.3) is 6.08 Å². The zero-order valence-electron chi connectivity index (χ0n) is 16.0. The Hall–Kier alpha value is -1.87. The van der Waals surface area contributed by atoms with Gasteiger partial charge in [-0.25, -0.2) is 0 Å². The quantitative estimate of drug-likeness (QED) is 0.739. The molecule has 25 heavy (non-hydrogen) atoms. The van der Waals surface area contributed by atoms with Crippen molar-refractivity contribution in [2.24, 2.45) is 0 Å². The Balaban J connectivity index is 0.00000225. The van der Waals surface area contributed by atoms with E-state index in [1.165, 1.54) is 46.7 Å². The second-order valence-electron chi connectivity index (χ2n) is 7.07. The van der Waals surface area contributed by atoms with Gasteiger partial charge in [-0.15, -0.1) is 12.4 Å². The van der Waals surface area contributed by atoms with Gasteiger partial charge in [0.15, 0.2) is 0 Å². The van der Waals surface area contributed by atoms with Crippen LogP contribution in [0.2, 0.25) is 0 Å². The molecule has 2 aliphatic rings. The van der Waals surface area contributed by atoms with Gasteiger partial charge in [-0.3, -0.25) is 0 Å². The Labute approximate surface area is 158 Å². The molecule has 0 amide bonds. The lowest BCUT2D eigenvalue weighted by Gasteiger charge is -2.37. The van der Waals surface area contributed by atoms with Crippen molar-refractivity contribution in [1.82, 2.24) is 4.90 Å². The van der Waals surface area contributed by atoms with Crippen LogP contribution in [0.1, 0.15) is 31.7 Å². The molecule has 0 saturated heterocycles. The van der Waals surface area contributed by atoms with E-state index in [1.807, 2.05) is 0 Å². The summed E-state index contributed by atoms with van der Waals surface area (Å²) in [6.45, 7) is 3.34. The molecule has 3 rings (SSSR count). The summed E-state index contributed by atoms with van der Waals surface area (Å²) in [6, 6.07) is 6.80. The van der Waals surface area contributed by atoms with Gasteiger partial charge < -0.3 is 14.7 Å². The van der Waals surface area contributed by atoms with Gasteiger partial charge in [-0.2, -0.15) is 0 Å². The van der Waals surface area contributed by atoms with Gasteiger partial charge in [-0.05, 0) is 48.3 Å². The van der Waals surface area contributed by atoms with E-state index in [-0.39, 0.29) is 12.4 Å². The van der Waals surface area contributed by atoms with Crippen LogP contribution in [0, 0.1) is 0 Å². The van der Waals surface area contributed by atoms with E-state index in [2.05, 4.69) is 86.2 Å². The summed E-state index contributed by atoms with van der Waals surface area (Å²) in [5.74, 6) is 0. The molecule has 0 radical (unpaired) electrons. The maximum atomic E-state index is 2.53. The maximum absolute atomic E-state index is 2.53. The van der Waals surface area contributed by atoms with Gasteiger partial charge in [0.2, 0.25) is 0 Å². The minimum Gasteiger partial charge on any atom is -0.378 e. The number of anilines is 2. The van der Waals surface area contributed by atoms with Crippen LogP contribution in [-0.4, -0.2) is 39.6 Å². The normalized spacial score (nSPS) is 15.2. The Bertz CT molecular complexity index is 714. The number of benzene rings is 1. The third-order valence-electron chi connectivity index (χ3n) is 4.84. The fourth-order valence-corrected chi connectivity index (χ4v) is 3.35. The molecule has 1 aromatic rings. The molecule has 0 fully saturated rings. The van der Waals surface area contributed by atoms with Crippen LogP contribution in [0.15, 0.2) is 47.3 Å². The number of halogens is 1. The number of hydrogen-bond donors (Lipinski definition) is 0. The van der Waals surface area contributed by atoms with Gasteiger partial charge in [0, 0.05) is 51.8 Å². The summed E-state index contributed by atoms with van der Waals surface area (Å²) in [5, 5.41) is 0. The van der Waals surface area contributed by atoms with Gasteiger partial charge in [0.1, 0.15) is 0 Å². The van der Waals surface area contributed by atoms with Crippen LogP contribution in [-0.2, 0) is 0 Å². The molecule has 0 N–H and O–H groups in total. The number of hydrogen-bond acceptors (Lipinski definition) is 3. The van der Waals surface area contributed by atoms with Crippen LogP contribution in [0.5, 0.6) is 0 Å². The first-order valence-corrected chi connectivity index (χ1v) is 8.90. The van der Waals surface area contributed by atoms with E-state index in [4.69, 9.17) is 0 Å². The zero-order valence-corrected chi connectivity index (χ0v) is 16.9. The molecule has 0 saturated carbocycles. The smallest absolute Gasteiger partial charge is 0.0505 e. The number of likely N-dealkylation sites (N-methyl/N-ethyl adjacent to an activating group) is 1. The average Bonchev–Trinajstić information content (AvgIpc) is 2.57. The predicted octanol–water partition coefficient (Wildman–Crippen LogP) is 4.91. The van der Waals surface area contributed by atoms with Gasteiger partial charge in [0.05, 0.1) is 5.69 Å². The average molecular weight is 360 g/mol. The summed E-state index contributed by atoms with van der Waals surface area (Å²) >= 11 is 0. The number of rotatable bonds is 5. The predicted molar refractivity (Wildman–Crippen MR) is 113 cm³/mol. The molecule has 0 spiro atoms. The van der Waals surface area contributed by atoms with Crippen LogP contribution >= 0.6 is 12.4 Å². The molecular formula is C21H30ClN3. The highest BCUT2D eigenvalue weighted by Gasteiger charge is 2.25. The topological polar surface area (TPSA) is 9.72 Å². The lowest BCUT2D eigenvalue weighted by molar-refractivity contribution is 0.524. The third kappa shape index (κ3) is 3.87. The molecule has 1 aliphatic carbocycles. The van der Waals surface area contributed by atoms with E-state index in [0.717, 1.165) is 13.0 Å². The highest BCUT2D eigenvalue weighted by molar-refractivity contribution is 5.85. The van der Waals surface area contributed by atoms with Crippen LogP contribution < -0.4 is 9.80 Å². The summed E-state index contributed by atoms with van der Waals surface area (Å²) in [7, 11) is 8.45. The molecule has 1 heterocycles. The molecule has 1 aromatic carbocycles. The van der Waals surface area contributed by atoms with Crippen molar-refractivity contribution in [2.45, 2.75) is 26.2 Å². The summed E-state index contributed by atoms with van der Waals surface area (Å²) in [6.07, 6.45) is 10.5. The molecule has 0 aromatic heterocycles. The van der Waals surface area contributed by atoms with Crippen molar-refractivity contribution >= 4 is 29.9 Å². The monoisotopic (exact) mass is 359 g/mol. The summed E-state index contributed by atoms with van der Waals surface area (Å²) < 4.78 is 0. The Kier molecular flexibility index (Phi) is 6.23. The second-order valence-corrected chi connectivity index (χ2v) is 7.07. The zero-order chi connectivity index (χ0) is 17.3. The summed E-state index contributed by atoms with van der Waals surface area (Å²) in [4.78, 5) is 6.91. The number of unbranched alkanes of at least 4 members (excludes halogenated alkanes) is 1. The minimum atomic E-state index is 0. The Morgan fingerprint density at radius 1 is 1.04 bits per heavy atom. The number of fused-ring (bicyclic) bond motifs is 2. The third-order valence-corrected chi connectivity index (χ3v) is 4.84. The molecule has 136 valence electrons. The molecule has 0 unspecified atom stereocenters. The van der Waals surface area contributed by atoms with Crippen molar-refractivity contribution in [2.75, 3.05) is 44.5 Å². The molecule has 1 aliphatic heterocycles. The fraction of sp³-hybridized carbons (Fsp3) is 0.429. The van der Waals surface area contributed by atoms with Crippen molar-refractivity contribution in [3.05, 3.63) is 52.9 Å². The molecule has 0 atom stereocenters. The Morgan fingerprint density at radius 2 is 1.80 bits per heavy atom. The largest absolute Gasteiger partial charge is 0.378 e. The first kappa shape index (κ1) is 19.5. The van der Waals surface area contributed by atoms with Crippen molar-refractivity contribution in [3.8, 4) is 0 Å². The molecule has 0 bridgehead atoms. The van der Waals surface area contributed by atoms with Gasteiger partial charge in [-0.1, -0.05) is 25.5 Å². The summed E-state index contributed by atoms with van der Waals surface area (Å²) in [5.41, 5.74) is 8.04. The highest BCUT2D eigenvalue weighted by atomic mass is 35.5. The maximum Gasteiger partial charge on any atom is 0.0505 e. The van der Waals surface area contributed by atoms with Gasteiger partial charge in [0.25, 0.3) is 0 Å². The van der Waals surface area contributed by atoms with Crippen molar-refractivity contribution < 1.29 is 0 Å². The molecule has 3 nitrogen and oxygen atoms in total. The minimum absolute atomic E-state index is 0. The SMILES string of the molecule is CCCCN1C2=CC(N(C)C)=CCC2=Cc2ccc(N(C)C)cc21.Cl. The first-order valence-electron chi connectivity index (χ1n) is 8.90. The second kappa shape index (κ2) is 8.01. The van der Waals surface area contributed by atoms with E-state index in [0.29, 0.717) is 0 Å². The molecule has 4 heteroatoms. The number of allylic oxidation sites excluding steroid dienone is 3. The van der Waals surface area contributed by atoms with Crippen molar-refractivity contribution in [3.63, 3.8) is 0 Å². The fourth-order valence-electron chi connectivity index (χ4n) is 3.35. The lowest BCUT2D eigenvalue weighted by atomic mass is 9.92. The van der Waals surface area contributed by atoms with E-state index in [1.54, 1.807) is 0 Å². The lowest BCUT2D eigenvalue weighted by Crippen LogP contribution is -2.30. The number of nitrogens with zero attached hydrogens (tertiary/aromatic N) is 3. The highest BCUT2D eigenvalue weighted by Crippen LogP contribution is 2.40. The Morgan fingerprint density at radius 3 is 2.44 bits per heavy atom. The van der Waals surface area contributed by atoms with Gasteiger partial charge >= 0.3 is 0 Å². The van der Waals surface area contributed by atoms with Crippen LogP contribution in [0.4, 0.5) is 11.4 Å². The van der Waals surface area contributed by atoms with E-state index < -0.39 is 0 Å². The van der Waals surface area contributed by atoms with E-state index in [9.17, 15) is 0 Å². The standard InChI is InChI=1S/C21H29N3.ClH/c1-6-7-12-24-20-14-18(22(2)3)10-8-16(20)13-17-9-11-19(23(4)5)15-21(17)24;/h8,10-11,13-15H,6-7,9,12H2,1-5H3;1H. The van der Waals surface area contributed by atoms with Crippen LogP contribution in [0.3, 0.4) is 0 Å². The molecular weight excluding hydrogens is 330 g/mol. The first-order chi connectivity index (χ1) is 11.5.